The van der Waals surface area contributed by atoms with Gasteiger partial charge >= 0.3 is 0 Å². The maximum atomic E-state index is 13.6. The van der Waals surface area contributed by atoms with Crippen molar-refractivity contribution in [2.75, 3.05) is 27.9 Å². The molecule has 0 saturated carbocycles. The molecule has 0 radical (unpaired) electrons. The van der Waals surface area contributed by atoms with Crippen molar-refractivity contribution >= 4 is 28.4 Å². The van der Waals surface area contributed by atoms with Gasteiger partial charge in [-0.3, -0.25) is 9.59 Å². The summed E-state index contributed by atoms with van der Waals surface area (Å²) in [6.07, 6.45) is 2.28. The molecule has 39 heavy (non-hydrogen) atoms. The number of rotatable bonds is 8. The highest BCUT2D eigenvalue weighted by atomic mass is 19.1. The van der Waals surface area contributed by atoms with Crippen molar-refractivity contribution in [3.63, 3.8) is 0 Å². The number of hydrogen-bond donors (Lipinski definition) is 2. The van der Waals surface area contributed by atoms with E-state index in [-0.39, 0.29) is 17.7 Å². The Labute approximate surface area is 224 Å². The summed E-state index contributed by atoms with van der Waals surface area (Å²) in [6.45, 7) is 0.167. The number of carbonyl (C=O) groups excluding carboxylic acids is 2. The first-order chi connectivity index (χ1) is 18.9. The monoisotopic (exact) mass is 530 g/mol. The van der Waals surface area contributed by atoms with Gasteiger partial charge in [0.1, 0.15) is 28.8 Å². The van der Waals surface area contributed by atoms with Crippen LogP contribution in [-0.4, -0.2) is 54.6 Å². The number of fused-ring (bicyclic) bond motifs is 1. The Morgan fingerprint density at radius 1 is 0.949 bits per heavy atom. The molecule has 0 spiro atoms. The number of nitrogens with zero attached hydrogens (tertiary/aromatic N) is 1. The highest BCUT2D eigenvalue weighted by Crippen LogP contribution is 2.44. The second kappa shape index (κ2) is 10.5. The number of methoxy groups -OCH3 is 3. The van der Waals surface area contributed by atoms with Gasteiger partial charge in [0.15, 0.2) is 0 Å². The molecule has 1 amide bonds. The maximum absolute atomic E-state index is 13.6. The predicted octanol–water partition coefficient (Wildman–Crippen LogP) is 5.00. The highest BCUT2D eigenvalue weighted by molar-refractivity contribution is 6.46. The molecule has 1 unspecified atom stereocenters. The zero-order valence-electron chi connectivity index (χ0n) is 21.7. The van der Waals surface area contributed by atoms with Crippen molar-refractivity contribution in [1.82, 2.24) is 9.88 Å². The number of carbonyl (C=O) groups is 2. The molecule has 0 bridgehead atoms. The van der Waals surface area contributed by atoms with Crippen molar-refractivity contribution in [3.05, 3.63) is 94.9 Å². The minimum atomic E-state index is -0.972. The van der Waals surface area contributed by atoms with E-state index < -0.39 is 29.3 Å². The number of aromatic amines is 1. The molecule has 1 aliphatic heterocycles. The molecule has 2 heterocycles. The van der Waals surface area contributed by atoms with E-state index in [1.165, 1.54) is 43.4 Å². The number of aliphatic hydroxyl groups excluding tert-OH is 1. The molecular weight excluding hydrogens is 503 g/mol. The van der Waals surface area contributed by atoms with E-state index >= 15 is 0 Å². The lowest BCUT2D eigenvalue weighted by atomic mass is 9.94. The zero-order valence-corrected chi connectivity index (χ0v) is 21.7. The average molecular weight is 531 g/mol. The van der Waals surface area contributed by atoms with E-state index in [4.69, 9.17) is 14.2 Å². The summed E-state index contributed by atoms with van der Waals surface area (Å²) in [4.78, 5) is 31.5. The molecule has 4 aromatic rings. The minimum Gasteiger partial charge on any atom is -0.507 e. The molecule has 1 fully saturated rings. The number of benzene rings is 3. The lowest BCUT2D eigenvalue weighted by Crippen LogP contribution is -2.31. The molecular formula is C30H27FN2O6. The largest absolute Gasteiger partial charge is 0.507 e. The van der Waals surface area contributed by atoms with Crippen molar-refractivity contribution < 1.29 is 33.3 Å². The lowest BCUT2D eigenvalue weighted by molar-refractivity contribution is -0.139. The summed E-state index contributed by atoms with van der Waals surface area (Å²) in [6, 6.07) is 14.8. The van der Waals surface area contributed by atoms with E-state index in [1.54, 1.807) is 25.3 Å². The molecule has 200 valence electrons. The summed E-state index contributed by atoms with van der Waals surface area (Å²) < 4.78 is 29.9. The standard InChI is InChI=1S/C30H27FN2O6/c1-37-20-8-10-24-22(14-20)18(16-32-24)12-13-33-27(23-15-21(38-2)9-11-25(23)39-3)26(29(35)30(33)36)28(34)17-4-6-19(31)7-5-17/h4-11,14-16,27,32,34H,12-13H2,1-3H3/b28-26-. The second-order valence-electron chi connectivity index (χ2n) is 9.08. The van der Waals surface area contributed by atoms with Crippen LogP contribution in [0.3, 0.4) is 0 Å². The van der Waals surface area contributed by atoms with Gasteiger partial charge in [-0.25, -0.2) is 4.39 Å². The van der Waals surface area contributed by atoms with Crippen LogP contribution >= 0.6 is 0 Å². The van der Waals surface area contributed by atoms with Crippen LogP contribution in [-0.2, 0) is 16.0 Å². The molecule has 3 aromatic carbocycles. The van der Waals surface area contributed by atoms with E-state index in [0.29, 0.717) is 29.2 Å². The van der Waals surface area contributed by atoms with Crippen LogP contribution in [0.25, 0.3) is 16.7 Å². The molecule has 1 saturated heterocycles. The summed E-state index contributed by atoms with van der Waals surface area (Å²) in [5.41, 5.74) is 2.42. The first-order valence-electron chi connectivity index (χ1n) is 12.3. The van der Waals surface area contributed by atoms with Gasteiger partial charge in [0.25, 0.3) is 11.7 Å². The maximum Gasteiger partial charge on any atom is 0.295 e. The fraction of sp³-hybridized carbons (Fsp3) is 0.200. The number of Topliss-reactive ketones (excluding diaryl/α,β-unsaturated/α-hetero) is 1. The van der Waals surface area contributed by atoms with Gasteiger partial charge in [0.05, 0.1) is 32.9 Å². The summed E-state index contributed by atoms with van der Waals surface area (Å²) in [5.74, 6) is -0.894. The molecule has 1 aliphatic rings. The van der Waals surface area contributed by atoms with Gasteiger partial charge in [-0.05, 0) is 72.6 Å². The Morgan fingerprint density at radius 3 is 2.33 bits per heavy atom. The van der Waals surface area contributed by atoms with Gasteiger partial charge in [0.2, 0.25) is 0 Å². The predicted molar refractivity (Wildman–Crippen MR) is 144 cm³/mol. The molecule has 8 nitrogen and oxygen atoms in total. The van der Waals surface area contributed by atoms with Crippen LogP contribution in [0.5, 0.6) is 17.2 Å². The third-order valence-corrected chi connectivity index (χ3v) is 6.99. The highest BCUT2D eigenvalue weighted by Gasteiger charge is 2.47. The topological polar surface area (TPSA) is 101 Å². The number of hydrogen-bond acceptors (Lipinski definition) is 6. The normalized spacial score (nSPS) is 16.6. The molecule has 1 aromatic heterocycles. The molecule has 0 aliphatic carbocycles. The first kappa shape index (κ1) is 25.8. The Balaban J connectivity index is 1.61. The van der Waals surface area contributed by atoms with Crippen LogP contribution in [0.15, 0.2) is 72.4 Å². The quantitative estimate of drug-likeness (QED) is 0.189. The van der Waals surface area contributed by atoms with Crippen LogP contribution in [0.1, 0.15) is 22.7 Å². The summed E-state index contributed by atoms with van der Waals surface area (Å²) >= 11 is 0. The number of ether oxygens (including phenoxy) is 3. The fourth-order valence-electron chi connectivity index (χ4n) is 4.98. The Morgan fingerprint density at radius 2 is 1.64 bits per heavy atom. The second-order valence-corrected chi connectivity index (χ2v) is 9.08. The minimum absolute atomic E-state index is 0.112. The Kier molecular flexibility index (Phi) is 6.98. The van der Waals surface area contributed by atoms with Crippen LogP contribution in [0.2, 0.25) is 0 Å². The zero-order chi connectivity index (χ0) is 27.7. The van der Waals surface area contributed by atoms with Gasteiger partial charge < -0.3 is 29.2 Å². The Hall–Kier alpha value is -4.79. The number of aromatic nitrogens is 1. The van der Waals surface area contributed by atoms with Crippen LogP contribution in [0, 0.1) is 5.82 Å². The smallest absolute Gasteiger partial charge is 0.295 e. The summed E-state index contributed by atoms with van der Waals surface area (Å²) in [5, 5.41) is 12.2. The van der Waals surface area contributed by atoms with Gasteiger partial charge in [0, 0.05) is 34.8 Å². The van der Waals surface area contributed by atoms with E-state index in [1.807, 2.05) is 24.4 Å². The third kappa shape index (κ3) is 4.67. The molecule has 9 heteroatoms. The number of ketones is 1. The van der Waals surface area contributed by atoms with Crippen molar-refractivity contribution in [2.45, 2.75) is 12.5 Å². The summed E-state index contributed by atoms with van der Waals surface area (Å²) in [7, 11) is 4.58. The van der Waals surface area contributed by atoms with Crippen molar-refractivity contribution in [3.8, 4) is 17.2 Å². The SMILES string of the molecule is COc1ccc(OC)c(C2/C(=C(/O)c3ccc(F)cc3)C(=O)C(=O)N2CCc2c[nH]c3ccc(OC)cc23)c1. The number of halogens is 1. The number of nitrogens with one attached hydrogen (secondary N) is 1. The Bertz CT molecular complexity index is 1590. The van der Waals surface area contributed by atoms with Crippen molar-refractivity contribution in [1.29, 1.82) is 0 Å². The lowest BCUT2D eigenvalue weighted by Gasteiger charge is -2.27. The molecule has 2 N–H and O–H groups in total. The van der Waals surface area contributed by atoms with Gasteiger partial charge in [-0.2, -0.15) is 0 Å². The van der Waals surface area contributed by atoms with Gasteiger partial charge in [-0.15, -0.1) is 0 Å². The fourth-order valence-corrected chi connectivity index (χ4v) is 4.98. The first-order valence-corrected chi connectivity index (χ1v) is 12.3. The number of H-pyrrole nitrogens is 1. The number of amides is 1. The van der Waals surface area contributed by atoms with Crippen molar-refractivity contribution in [2.24, 2.45) is 0 Å². The average Bonchev–Trinajstić information content (AvgIpc) is 3.48. The number of aliphatic hydroxyl groups is 1. The van der Waals surface area contributed by atoms with E-state index in [2.05, 4.69) is 4.98 Å². The van der Waals surface area contributed by atoms with Gasteiger partial charge in [-0.1, -0.05) is 0 Å². The molecule has 5 rings (SSSR count). The third-order valence-electron chi connectivity index (χ3n) is 6.99. The van der Waals surface area contributed by atoms with E-state index in [9.17, 15) is 19.1 Å². The van der Waals surface area contributed by atoms with Crippen LogP contribution < -0.4 is 14.2 Å². The number of likely N-dealkylation sites (tertiary alicyclic amines) is 1. The van der Waals surface area contributed by atoms with Crippen LogP contribution in [0.4, 0.5) is 4.39 Å². The molecule has 1 atom stereocenters. The van der Waals surface area contributed by atoms with E-state index in [0.717, 1.165) is 16.5 Å².